The fourth-order valence-corrected chi connectivity index (χ4v) is 3.25. The van der Waals surface area contributed by atoms with Gasteiger partial charge < -0.3 is 0 Å². The van der Waals surface area contributed by atoms with Crippen molar-refractivity contribution in [3.63, 3.8) is 0 Å². The molecule has 0 amide bonds. The monoisotopic (exact) mass is 461 g/mol. The molecular weight excluding hydrogens is 450 g/mol. The zero-order valence-electron chi connectivity index (χ0n) is 14.0. The van der Waals surface area contributed by atoms with Crippen molar-refractivity contribution >= 4 is 35.7 Å². The highest BCUT2D eigenvalue weighted by molar-refractivity contribution is 8.02. The van der Waals surface area contributed by atoms with Gasteiger partial charge in [-0.3, -0.25) is 39.5 Å². The minimum absolute atomic E-state index is 0.0328. The van der Waals surface area contributed by atoms with Gasteiger partial charge >= 0.3 is 17.1 Å². The molecule has 0 radical (unpaired) electrons. The zero-order valence-corrected chi connectivity index (χ0v) is 16.4. The highest BCUT2D eigenvalue weighted by Crippen LogP contribution is 2.14. The van der Waals surface area contributed by atoms with E-state index in [4.69, 9.17) is 0 Å². The van der Waals surface area contributed by atoms with E-state index < -0.39 is 33.7 Å². The summed E-state index contributed by atoms with van der Waals surface area (Å²) in [5.74, 6) is 0.931. The fourth-order valence-electron chi connectivity index (χ4n) is 1.51. The number of hydrogen-bond donors (Lipinski definition) is 7. The maximum Gasteiger partial charge on any atom is 0.342 e. The van der Waals surface area contributed by atoms with Crippen LogP contribution in [-0.2, 0) is 0 Å². The van der Waals surface area contributed by atoms with Crippen molar-refractivity contribution in [3.05, 3.63) is 67.2 Å². The molecule has 7 N–H and O–H groups in total. The van der Waals surface area contributed by atoms with E-state index in [0.717, 1.165) is 23.5 Å². The van der Waals surface area contributed by atoms with Crippen LogP contribution < -0.4 is 33.7 Å². The molecule has 0 saturated carbocycles. The molecule has 3 rings (SSSR count). The lowest BCUT2D eigenvalue weighted by molar-refractivity contribution is 0.806. The van der Waals surface area contributed by atoms with Gasteiger partial charge in [0, 0.05) is 11.5 Å². The lowest BCUT2D eigenvalue weighted by Gasteiger charge is -1.99. The Balaban J connectivity index is 0.000000278. The molecule has 0 bridgehead atoms. The molecule has 0 aliphatic heterocycles. The molecule has 0 saturated heterocycles. The molecule has 15 nitrogen and oxygen atoms in total. The average molecular weight is 461 g/mol. The molecule has 3 aromatic rings. The Kier molecular flexibility index (Phi) is 7.86. The van der Waals surface area contributed by atoms with Crippen LogP contribution in [0.4, 0.5) is 0 Å². The zero-order chi connectivity index (χ0) is 21.4. The first-order chi connectivity index (χ1) is 13.8. The van der Waals surface area contributed by atoms with Crippen LogP contribution in [0.15, 0.2) is 38.8 Å². The van der Waals surface area contributed by atoms with Crippen molar-refractivity contribution in [1.29, 1.82) is 0 Å². The van der Waals surface area contributed by atoms with Crippen LogP contribution in [0.5, 0.6) is 0 Å². The van der Waals surface area contributed by atoms with Crippen molar-refractivity contribution in [3.8, 4) is 0 Å². The number of nitrogens with zero attached hydrogens (tertiary/aromatic N) is 2. The minimum atomic E-state index is -0.669. The van der Waals surface area contributed by atoms with Crippen molar-refractivity contribution in [2.45, 2.75) is 10.1 Å². The third-order valence-electron chi connectivity index (χ3n) is 2.64. The second-order valence-electron chi connectivity index (χ2n) is 4.68. The van der Waals surface area contributed by atoms with Gasteiger partial charge in [0.25, 0.3) is 16.7 Å². The third kappa shape index (κ3) is 7.01. The molecule has 3 heterocycles. The highest BCUT2D eigenvalue weighted by Gasteiger charge is 2.06. The van der Waals surface area contributed by atoms with E-state index in [9.17, 15) is 28.8 Å². The summed E-state index contributed by atoms with van der Waals surface area (Å²) in [7, 11) is 0. The summed E-state index contributed by atoms with van der Waals surface area (Å²) in [5.41, 5.74) is -3.63. The molecule has 0 fully saturated rings. The number of H-pyrrole nitrogens is 7. The number of rotatable bonds is 5. The quantitative estimate of drug-likeness (QED) is 0.117. The van der Waals surface area contributed by atoms with Gasteiger partial charge in [0.05, 0.1) is 0 Å². The molecule has 0 unspecified atom stereocenters. The van der Waals surface area contributed by atoms with Gasteiger partial charge in [0.1, 0.15) is 0 Å². The summed E-state index contributed by atoms with van der Waals surface area (Å²) < 4.78 is -0.0328. The molecule has 154 valence electrons. The van der Waals surface area contributed by atoms with E-state index in [0.29, 0.717) is 11.5 Å². The first-order valence-corrected chi connectivity index (χ1v) is 9.69. The van der Waals surface area contributed by atoms with E-state index in [1.807, 2.05) is 15.0 Å². The summed E-state index contributed by atoms with van der Waals surface area (Å²) >= 11 is 6.70. The van der Waals surface area contributed by atoms with Gasteiger partial charge in [-0.15, -0.1) is 0 Å². The summed E-state index contributed by atoms with van der Waals surface area (Å²) in [6, 6.07) is 0. The Hall–Kier alpha value is -3.25. The van der Waals surface area contributed by atoms with Crippen LogP contribution in [0, 0.1) is 4.64 Å². The second kappa shape index (κ2) is 10.3. The van der Waals surface area contributed by atoms with Gasteiger partial charge in [0.15, 0.2) is 14.7 Å². The van der Waals surface area contributed by atoms with Crippen LogP contribution >= 0.6 is 35.7 Å². The molecule has 29 heavy (non-hydrogen) atoms. The lowest BCUT2D eigenvalue weighted by Crippen LogP contribution is -2.25. The Morgan fingerprint density at radius 3 is 1.48 bits per heavy atom. The fraction of sp³-hybridized carbons (Fsp3) is 0.182. The number of thioether (sulfide) groups is 2. The van der Waals surface area contributed by atoms with Crippen molar-refractivity contribution in [2.75, 3.05) is 11.5 Å². The normalized spacial score (nSPS) is 10.2. The van der Waals surface area contributed by atoms with Gasteiger partial charge in [-0.1, -0.05) is 35.7 Å². The molecule has 3 aromatic heterocycles. The van der Waals surface area contributed by atoms with Crippen molar-refractivity contribution < 1.29 is 0 Å². The van der Waals surface area contributed by atoms with E-state index in [-0.39, 0.29) is 14.7 Å². The molecule has 0 aromatic carbocycles. The van der Waals surface area contributed by atoms with Crippen LogP contribution in [0.2, 0.25) is 0 Å². The molecule has 0 atom stereocenters. The summed E-state index contributed by atoms with van der Waals surface area (Å²) in [6.45, 7) is 0. The van der Waals surface area contributed by atoms with E-state index in [1.165, 1.54) is 0 Å². The van der Waals surface area contributed by atoms with Gasteiger partial charge in [-0.2, -0.15) is 10.2 Å². The second-order valence-corrected chi connectivity index (χ2v) is 7.26. The number of hydrogen-bond acceptors (Lipinski definition) is 11. The summed E-state index contributed by atoms with van der Waals surface area (Å²) in [5, 5.41) is 16.0. The standard InChI is InChI=1S/C8H8N6O4S2.C3H3N3O2S/c15-3-5(11-13-7(17)9-3)19-1-2-20-6-4(16)10-8(18)14-12-6;7-1-2(9)5-6-3(8)4-1/h1-2H2,(H2,9,13,15,17)(H2,10,14,16,18);(H,5,9)(H2,4,6,7,8). The molecule has 0 aliphatic rings. The van der Waals surface area contributed by atoms with Crippen LogP contribution in [-0.4, -0.2) is 57.0 Å². The predicted octanol–water partition coefficient (Wildman–Crippen LogP) is -2.77. The third-order valence-corrected chi connectivity index (χ3v) is 5.11. The van der Waals surface area contributed by atoms with Crippen molar-refractivity contribution in [1.82, 2.24) is 45.5 Å². The maximum atomic E-state index is 11.3. The summed E-state index contributed by atoms with van der Waals surface area (Å²) in [6.07, 6.45) is 0. The molecule has 0 aliphatic carbocycles. The van der Waals surface area contributed by atoms with Gasteiger partial charge in [-0.25, -0.2) is 24.6 Å². The van der Waals surface area contributed by atoms with Crippen LogP contribution in [0.3, 0.4) is 0 Å². The lowest BCUT2D eigenvalue weighted by atomic mass is 10.8. The number of aromatic amines is 7. The Morgan fingerprint density at radius 1 is 0.655 bits per heavy atom. The minimum Gasteiger partial charge on any atom is -0.282 e. The van der Waals surface area contributed by atoms with E-state index >= 15 is 0 Å². The smallest absolute Gasteiger partial charge is 0.282 e. The topological polar surface area (TPSA) is 239 Å². The Bertz CT molecular complexity index is 1310. The summed E-state index contributed by atoms with van der Waals surface area (Å²) in [4.78, 5) is 70.9. The average Bonchev–Trinajstić information content (AvgIpc) is 2.65. The molecular formula is C11H11N9O6S3. The van der Waals surface area contributed by atoms with Crippen LogP contribution in [0.25, 0.3) is 0 Å². The molecule has 18 heteroatoms. The number of aromatic nitrogens is 9. The first-order valence-electron chi connectivity index (χ1n) is 7.31. The van der Waals surface area contributed by atoms with Gasteiger partial charge in [0.2, 0.25) is 0 Å². The van der Waals surface area contributed by atoms with E-state index in [2.05, 4.69) is 42.8 Å². The SMILES string of the molecule is O=c1[nH][nH]c(=S)c(=O)[nH]1.O=c1[nH]nc(SCCSc2n[nH]c(=O)[nH]c2=O)c(=O)[nH]1. The first kappa shape index (κ1) is 22.0. The highest BCUT2D eigenvalue weighted by atomic mass is 32.2. The van der Waals surface area contributed by atoms with Gasteiger partial charge in [-0.05, 0) is 0 Å². The van der Waals surface area contributed by atoms with E-state index in [1.54, 1.807) is 0 Å². The maximum absolute atomic E-state index is 11.3. The Labute approximate surface area is 170 Å². The van der Waals surface area contributed by atoms with Crippen molar-refractivity contribution in [2.24, 2.45) is 0 Å². The largest absolute Gasteiger partial charge is 0.342 e. The molecule has 0 spiro atoms. The van der Waals surface area contributed by atoms with Crippen LogP contribution in [0.1, 0.15) is 0 Å². The number of nitrogens with one attached hydrogen (secondary N) is 7. The predicted molar refractivity (Wildman–Crippen MR) is 105 cm³/mol. The Morgan fingerprint density at radius 2 is 1.10 bits per heavy atom.